The summed E-state index contributed by atoms with van der Waals surface area (Å²) in [5, 5.41) is 0. The Labute approximate surface area is 105 Å². The zero-order valence-corrected chi connectivity index (χ0v) is 10.3. The van der Waals surface area contributed by atoms with Crippen molar-refractivity contribution in [2.75, 3.05) is 19.8 Å². The van der Waals surface area contributed by atoms with Crippen molar-refractivity contribution in [3.8, 4) is 0 Å². The Balaban J connectivity index is 2.07. The van der Waals surface area contributed by atoms with Gasteiger partial charge < -0.3 is 9.47 Å². The maximum atomic E-state index is 14.0. The molecule has 0 aliphatic carbocycles. The molecule has 0 aromatic heterocycles. The fourth-order valence-corrected chi connectivity index (χ4v) is 3.26. The van der Waals surface area contributed by atoms with Crippen LogP contribution in [0.15, 0.2) is 18.2 Å². The summed E-state index contributed by atoms with van der Waals surface area (Å²) in [4.78, 5) is 0. The van der Waals surface area contributed by atoms with Crippen molar-refractivity contribution in [3.05, 3.63) is 35.4 Å². The Kier molecular flexibility index (Phi) is 2.87. The first-order valence-electron chi connectivity index (χ1n) is 6.33. The molecule has 1 unspecified atom stereocenters. The van der Waals surface area contributed by atoms with E-state index in [2.05, 4.69) is 0 Å². The highest BCUT2D eigenvalue weighted by atomic mass is 19.2. The van der Waals surface area contributed by atoms with Gasteiger partial charge in [-0.3, -0.25) is 0 Å². The van der Waals surface area contributed by atoms with Gasteiger partial charge in [0, 0.05) is 11.5 Å². The van der Waals surface area contributed by atoms with E-state index < -0.39 is 17.0 Å². The quantitative estimate of drug-likeness (QED) is 0.807. The van der Waals surface area contributed by atoms with Crippen LogP contribution >= 0.6 is 0 Å². The summed E-state index contributed by atoms with van der Waals surface area (Å²) in [5.41, 5.74) is -0.103. The van der Waals surface area contributed by atoms with Gasteiger partial charge in [-0.1, -0.05) is 19.1 Å². The highest BCUT2D eigenvalue weighted by Gasteiger charge is 2.55. The Bertz CT molecular complexity index is 463. The van der Waals surface area contributed by atoms with Crippen LogP contribution < -0.4 is 0 Å². The smallest absolute Gasteiger partial charge is 0.162 e. The lowest BCUT2D eigenvalue weighted by Gasteiger charge is -2.27. The lowest BCUT2D eigenvalue weighted by Crippen LogP contribution is -2.36. The Morgan fingerprint density at radius 2 is 2.17 bits per heavy atom. The van der Waals surface area contributed by atoms with Crippen LogP contribution in [0.25, 0.3) is 0 Å². The van der Waals surface area contributed by atoms with Crippen LogP contribution in [0.1, 0.15) is 18.9 Å². The van der Waals surface area contributed by atoms with Gasteiger partial charge in [-0.15, -0.1) is 0 Å². The minimum absolute atomic E-state index is 0.0789. The van der Waals surface area contributed by atoms with Gasteiger partial charge in [0.2, 0.25) is 0 Å². The largest absolute Gasteiger partial charge is 0.380 e. The summed E-state index contributed by atoms with van der Waals surface area (Å²) in [5.74, 6) is -1.43. The van der Waals surface area contributed by atoms with Crippen molar-refractivity contribution in [2.45, 2.75) is 24.9 Å². The van der Waals surface area contributed by atoms with E-state index in [-0.39, 0.29) is 12.0 Å². The van der Waals surface area contributed by atoms with E-state index >= 15 is 0 Å². The molecule has 2 fully saturated rings. The molecule has 4 heteroatoms. The van der Waals surface area contributed by atoms with Gasteiger partial charge in [-0.25, -0.2) is 8.78 Å². The maximum absolute atomic E-state index is 14.0. The fraction of sp³-hybridized carbons (Fsp3) is 0.571. The van der Waals surface area contributed by atoms with Crippen LogP contribution in [-0.2, 0) is 14.9 Å². The highest BCUT2D eigenvalue weighted by molar-refractivity contribution is 5.32. The Morgan fingerprint density at radius 1 is 1.33 bits per heavy atom. The molecule has 0 N–H and O–H groups in total. The molecule has 3 atom stereocenters. The maximum Gasteiger partial charge on any atom is 0.162 e. The van der Waals surface area contributed by atoms with Gasteiger partial charge >= 0.3 is 0 Å². The zero-order chi connectivity index (χ0) is 12.8. The Hall–Kier alpha value is -1.00. The van der Waals surface area contributed by atoms with Gasteiger partial charge in [-0.2, -0.15) is 0 Å². The van der Waals surface area contributed by atoms with Gasteiger partial charge in [0.15, 0.2) is 11.6 Å². The van der Waals surface area contributed by atoms with Crippen LogP contribution in [0.4, 0.5) is 8.78 Å². The molecule has 0 radical (unpaired) electrons. The molecule has 0 bridgehead atoms. The van der Waals surface area contributed by atoms with Gasteiger partial charge in [-0.05, 0) is 12.5 Å². The molecule has 2 heterocycles. The molecule has 0 spiro atoms. The molecular formula is C14H16F2O2. The molecule has 3 rings (SSSR count). The van der Waals surface area contributed by atoms with E-state index in [1.54, 1.807) is 12.1 Å². The second-order valence-corrected chi connectivity index (χ2v) is 5.14. The standard InChI is InChI=1S/C14H16F2O2/c1-2-12-10-6-17-7-14(10,8-18-12)9-4-3-5-11(15)13(9)16/h3-5,10,12H,2,6-8H2,1H3/t10-,12-,14?/m1/s1. The van der Waals surface area contributed by atoms with Crippen LogP contribution in [-0.4, -0.2) is 25.9 Å². The fourth-order valence-electron chi connectivity index (χ4n) is 3.26. The second-order valence-electron chi connectivity index (χ2n) is 5.14. The summed E-state index contributed by atoms with van der Waals surface area (Å²) < 4.78 is 38.7. The summed E-state index contributed by atoms with van der Waals surface area (Å²) >= 11 is 0. The van der Waals surface area contributed by atoms with Crippen LogP contribution in [0, 0.1) is 17.6 Å². The average molecular weight is 254 g/mol. The predicted molar refractivity (Wildman–Crippen MR) is 62.4 cm³/mol. The van der Waals surface area contributed by atoms with Crippen molar-refractivity contribution in [3.63, 3.8) is 0 Å². The average Bonchev–Trinajstić information content (AvgIpc) is 2.91. The SMILES string of the molecule is CC[C@H]1OCC2(c3cccc(F)c3F)COC[C@H]12. The number of fused-ring (bicyclic) bond motifs is 1. The summed E-state index contributed by atoms with van der Waals surface area (Å²) in [6.07, 6.45) is 0.947. The summed E-state index contributed by atoms with van der Waals surface area (Å²) in [6.45, 7) is 3.43. The van der Waals surface area contributed by atoms with E-state index in [1.165, 1.54) is 0 Å². The lowest BCUT2D eigenvalue weighted by atomic mass is 9.72. The van der Waals surface area contributed by atoms with Gasteiger partial charge in [0.25, 0.3) is 0 Å². The molecule has 2 aliphatic rings. The number of benzene rings is 1. The number of rotatable bonds is 2. The van der Waals surface area contributed by atoms with Crippen molar-refractivity contribution >= 4 is 0 Å². The number of hydrogen-bond acceptors (Lipinski definition) is 2. The third-order valence-corrected chi connectivity index (χ3v) is 4.26. The van der Waals surface area contributed by atoms with Gasteiger partial charge in [0.05, 0.1) is 31.3 Å². The number of halogens is 2. The lowest BCUT2D eigenvalue weighted by molar-refractivity contribution is 0.0461. The minimum atomic E-state index is -0.799. The summed E-state index contributed by atoms with van der Waals surface area (Å²) in [7, 11) is 0. The predicted octanol–water partition coefficient (Wildman–Crippen LogP) is 2.66. The second kappa shape index (κ2) is 4.28. The zero-order valence-electron chi connectivity index (χ0n) is 10.3. The molecule has 2 aliphatic heterocycles. The first-order valence-corrected chi connectivity index (χ1v) is 6.33. The molecule has 0 saturated carbocycles. The minimum Gasteiger partial charge on any atom is -0.380 e. The normalized spacial score (nSPS) is 34.8. The summed E-state index contributed by atoms with van der Waals surface area (Å²) in [6, 6.07) is 4.35. The first kappa shape index (κ1) is 12.1. The molecule has 18 heavy (non-hydrogen) atoms. The van der Waals surface area contributed by atoms with Crippen LogP contribution in [0.3, 0.4) is 0 Å². The molecule has 1 aromatic rings. The van der Waals surface area contributed by atoms with Crippen molar-refractivity contribution < 1.29 is 18.3 Å². The molecule has 1 aromatic carbocycles. The molecule has 2 saturated heterocycles. The van der Waals surface area contributed by atoms with E-state index in [9.17, 15) is 8.78 Å². The van der Waals surface area contributed by atoms with Gasteiger partial charge in [0.1, 0.15) is 0 Å². The van der Waals surface area contributed by atoms with Crippen molar-refractivity contribution in [2.24, 2.45) is 5.92 Å². The topological polar surface area (TPSA) is 18.5 Å². The first-order chi connectivity index (χ1) is 8.69. The van der Waals surface area contributed by atoms with Crippen LogP contribution in [0.5, 0.6) is 0 Å². The molecule has 2 nitrogen and oxygen atoms in total. The number of hydrogen-bond donors (Lipinski definition) is 0. The monoisotopic (exact) mass is 254 g/mol. The third-order valence-electron chi connectivity index (χ3n) is 4.26. The van der Waals surface area contributed by atoms with E-state index in [0.717, 1.165) is 12.5 Å². The molecular weight excluding hydrogens is 238 g/mol. The highest BCUT2D eigenvalue weighted by Crippen LogP contribution is 2.47. The Morgan fingerprint density at radius 3 is 2.94 bits per heavy atom. The van der Waals surface area contributed by atoms with E-state index in [1.807, 2.05) is 6.92 Å². The van der Waals surface area contributed by atoms with E-state index in [4.69, 9.17) is 9.47 Å². The van der Waals surface area contributed by atoms with Crippen molar-refractivity contribution in [1.82, 2.24) is 0 Å². The van der Waals surface area contributed by atoms with Crippen LogP contribution in [0.2, 0.25) is 0 Å². The number of ether oxygens (including phenoxy) is 2. The molecule has 98 valence electrons. The molecule has 0 amide bonds. The van der Waals surface area contributed by atoms with E-state index in [0.29, 0.717) is 25.4 Å². The van der Waals surface area contributed by atoms with Crippen molar-refractivity contribution in [1.29, 1.82) is 0 Å². The third kappa shape index (κ3) is 1.52.